The van der Waals surface area contributed by atoms with Crippen LogP contribution < -0.4 is 0 Å². The average molecular weight is 521 g/mol. The summed E-state index contributed by atoms with van der Waals surface area (Å²) >= 11 is 12.3. The summed E-state index contributed by atoms with van der Waals surface area (Å²) in [5.74, 6) is -0.460. The third kappa shape index (κ3) is 5.02. The molecular formula is C26H27Cl2FN2O2S. The maximum absolute atomic E-state index is 13.5. The number of hydrogen-bond donors (Lipinski definition) is 0. The summed E-state index contributed by atoms with van der Waals surface area (Å²) in [4.78, 5) is 2.40. The first-order valence-corrected chi connectivity index (χ1v) is 13.5. The van der Waals surface area contributed by atoms with Crippen molar-refractivity contribution in [3.8, 4) is 0 Å². The minimum atomic E-state index is -3.76. The Morgan fingerprint density at radius 1 is 0.941 bits per heavy atom. The van der Waals surface area contributed by atoms with E-state index in [4.69, 9.17) is 23.2 Å². The molecule has 0 aromatic heterocycles. The molecule has 34 heavy (non-hydrogen) atoms. The molecule has 1 aliphatic rings. The van der Waals surface area contributed by atoms with Crippen LogP contribution in [0.15, 0.2) is 77.7 Å². The standard InChI is InChI=1S/C26H27Cl2FN2O2S/c1-3-16-31(34(32,33)24-14-12-23(29)13-15-24)25-17-30(18(25)2)26(19-4-8-21(27)9-5-19)20-6-10-22(28)11-7-20/h4-15,18,25-26H,3,16-17H2,1-2H3/t18-,25+/m0/s1. The van der Waals surface area contributed by atoms with E-state index >= 15 is 0 Å². The van der Waals surface area contributed by atoms with Gasteiger partial charge in [0.25, 0.3) is 0 Å². The van der Waals surface area contributed by atoms with Gasteiger partial charge >= 0.3 is 0 Å². The zero-order valence-electron chi connectivity index (χ0n) is 19.0. The summed E-state index contributed by atoms with van der Waals surface area (Å²) in [6.07, 6.45) is 0.682. The number of rotatable bonds is 8. The summed E-state index contributed by atoms with van der Waals surface area (Å²) < 4.78 is 41.9. The minimum Gasteiger partial charge on any atom is -0.286 e. The largest absolute Gasteiger partial charge is 0.286 e. The lowest BCUT2D eigenvalue weighted by Crippen LogP contribution is -2.67. The summed E-state index contributed by atoms with van der Waals surface area (Å²) in [7, 11) is -3.76. The van der Waals surface area contributed by atoms with E-state index in [0.717, 1.165) is 11.1 Å². The monoisotopic (exact) mass is 520 g/mol. The van der Waals surface area contributed by atoms with Gasteiger partial charge in [0.05, 0.1) is 17.0 Å². The van der Waals surface area contributed by atoms with E-state index in [-0.39, 0.29) is 23.0 Å². The Bertz CT molecular complexity index is 1170. The van der Waals surface area contributed by atoms with Gasteiger partial charge < -0.3 is 0 Å². The Morgan fingerprint density at radius 3 is 1.88 bits per heavy atom. The maximum atomic E-state index is 13.5. The number of sulfonamides is 1. The molecule has 0 radical (unpaired) electrons. The number of benzene rings is 3. The number of hydrogen-bond acceptors (Lipinski definition) is 3. The molecule has 4 nitrogen and oxygen atoms in total. The van der Waals surface area contributed by atoms with E-state index in [1.807, 2.05) is 55.5 Å². The molecule has 0 spiro atoms. The van der Waals surface area contributed by atoms with Crippen molar-refractivity contribution in [3.63, 3.8) is 0 Å². The van der Waals surface area contributed by atoms with Crippen LogP contribution in [0.2, 0.25) is 10.0 Å². The van der Waals surface area contributed by atoms with E-state index in [9.17, 15) is 12.8 Å². The molecule has 0 amide bonds. The van der Waals surface area contributed by atoms with Crippen LogP contribution in [0, 0.1) is 5.82 Å². The SMILES string of the molecule is CCCN([C@@H]1CN(C(c2ccc(Cl)cc2)c2ccc(Cl)cc2)[C@H]1C)S(=O)(=O)c1ccc(F)cc1. The zero-order valence-corrected chi connectivity index (χ0v) is 21.4. The van der Waals surface area contributed by atoms with Crippen LogP contribution in [-0.4, -0.2) is 42.8 Å². The predicted octanol–water partition coefficient (Wildman–Crippen LogP) is 6.40. The van der Waals surface area contributed by atoms with Crippen LogP contribution in [0.3, 0.4) is 0 Å². The zero-order chi connectivity index (χ0) is 24.5. The Labute approximate surface area is 211 Å². The van der Waals surface area contributed by atoms with Gasteiger partial charge in [-0.2, -0.15) is 4.31 Å². The molecule has 3 aromatic rings. The van der Waals surface area contributed by atoms with E-state index in [1.165, 1.54) is 24.3 Å². The lowest BCUT2D eigenvalue weighted by atomic mass is 9.88. The van der Waals surface area contributed by atoms with E-state index in [1.54, 1.807) is 4.31 Å². The van der Waals surface area contributed by atoms with Crippen molar-refractivity contribution in [3.05, 3.63) is 99.8 Å². The first-order chi connectivity index (χ1) is 16.2. The first kappa shape index (κ1) is 25.1. The highest BCUT2D eigenvalue weighted by molar-refractivity contribution is 7.89. The second kappa shape index (κ2) is 10.3. The lowest BCUT2D eigenvalue weighted by molar-refractivity contribution is -0.00796. The van der Waals surface area contributed by atoms with Crippen LogP contribution in [-0.2, 0) is 10.0 Å². The highest BCUT2D eigenvalue weighted by atomic mass is 35.5. The fraction of sp³-hybridized carbons (Fsp3) is 0.308. The van der Waals surface area contributed by atoms with Gasteiger partial charge in [-0.15, -0.1) is 0 Å². The minimum absolute atomic E-state index is 0.0434. The number of nitrogens with zero attached hydrogens (tertiary/aromatic N) is 2. The van der Waals surface area contributed by atoms with Gasteiger partial charge in [0.2, 0.25) is 10.0 Å². The third-order valence-electron chi connectivity index (χ3n) is 6.42. The molecule has 1 saturated heterocycles. The molecule has 2 atom stereocenters. The van der Waals surface area contributed by atoms with Crippen LogP contribution in [0.5, 0.6) is 0 Å². The molecule has 0 unspecified atom stereocenters. The van der Waals surface area contributed by atoms with Gasteiger partial charge in [0.1, 0.15) is 5.82 Å². The number of halogens is 3. The maximum Gasteiger partial charge on any atom is 0.243 e. The van der Waals surface area contributed by atoms with Crippen molar-refractivity contribution in [2.24, 2.45) is 0 Å². The molecule has 3 aromatic carbocycles. The normalized spacial score (nSPS) is 18.9. The molecule has 1 aliphatic heterocycles. The van der Waals surface area contributed by atoms with Crippen LogP contribution >= 0.6 is 23.2 Å². The predicted molar refractivity (Wildman–Crippen MR) is 135 cm³/mol. The fourth-order valence-corrected chi connectivity index (χ4v) is 6.61. The molecule has 1 fully saturated rings. The Kier molecular flexibility index (Phi) is 7.65. The molecule has 1 heterocycles. The molecule has 8 heteroatoms. The van der Waals surface area contributed by atoms with Crippen molar-refractivity contribution in [2.45, 2.75) is 43.3 Å². The van der Waals surface area contributed by atoms with Gasteiger partial charge in [-0.1, -0.05) is 54.4 Å². The highest BCUT2D eigenvalue weighted by Gasteiger charge is 2.47. The lowest BCUT2D eigenvalue weighted by Gasteiger charge is -2.54. The quantitative estimate of drug-likeness (QED) is 0.345. The van der Waals surface area contributed by atoms with Crippen LogP contribution in [0.25, 0.3) is 0 Å². The van der Waals surface area contributed by atoms with Crippen molar-refractivity contribution in [1.29, 1.82) is 0 Å². The van der Waals surface area contributed by atoms with Crippen molar-refractivity contribution < 1.29 is 12.8 Å². The summed E-state index contributed by atoms with van der Waals surface area (Å²) in [5, 5.41) is 1.32. The smallest absolute Gasteiger partial charge is 0.243 e. The molecule has 180 valence electrons. The van der Waals surface area contributed by atoms with Crippen LogP contribution in [0.4, 0.5) is 4.39 Å². The number of likely N-dealkylation sites (tertiary alicyclic amines) is 1. The Morgan fingerprint density at radius 2 is 1.44 bits per heavy atom. The molecule has 4 rings (SSSR count). The average Bonchev–Trinajstić information content (AvgIpc) is 2.82. The molecular weight excluding hydrogens is 494 g/mol. The van der Waals surface area contributed by atoms with Crippen molar-refractivity contribution in [1.82, 2.24) is 9.21 Å². The first-order valence-electron chi connectivity index (χ1n) is 11.3. The molecule has 0 bridgehead atoms. The molecule has 0 aliphatic carbocycles. The fourth-order valence-electron chi connectivity index (χ4n) is 4.58. The van der Waals surface area contributed by atoms with Crippen LogP contribution in [0.1, 0.15) is 37.4 Å². The second-order valence-electron chi connectivity index (χ2n) is 8.58. The summed E-state index contributed by atoms with van der Waals surface area (Å²) in [6.45, 7) is 4.97. The van der Waals surface area contributed by atoms with Crippen molar-refractivity contribution >= 4 is 33.2 Å². The van der Waals surface area contributed by atoms with Gasteiger partial charge in [0, 0.05) is 29.2 Å². The molecule has 0 N–H and O–H groups in total. The van der Waals surface area contributed by atoms with Gasteiger partial charge in [0.15, 0.2) is 0 Å². The second-order valence-corrected chi connectivity index (χ2v) is 11.3. The third-order valence-corrected chi connectivity index (χ3v) is 8.86. The van der Waals surface area contributed by atoms with Gasteiger partial charge in [-0.25, -0.2) is 12.8 Å². The highest BCUT2D eigenvalue weighted by Crippen LogP contribution is 2.39. The van der Waals surface area contributed by atoms with Gasteiger partial charge in [-0.05, 0) is 73.0 Å². The molecule has 0 saturated carbocycles. The van der Waals surface area contributed by atoms with E-state index in [2.05, 4.69) is 11.8 Å². The topological polar surface area (TPSA) is 40.6 Å². The van der Waals surface area contributed by atoms with E-state index in [0.29, 0.717) is 29.6 Å². The van der Waals surface area contributed by atoms with E-state index < -0.39 is 15.8 Å². The summed E-state index contributed by atoms with van der Waals surface area (Å²) in [6, 6.07) is 20.2. The van der Waals surface area contributed by atoms with Crippen molar-refractivity contribution in [2.75, 3.05) is 13.1 Å². The van der Waals surface area contributed by atoms with Gasteiger partial charge in [-0.3, -0.25) is 4.90 Å². The Balaban J connectivity index is 1.65. The summed E-state index contributed by atoms with van der Waals surface area (Å²) in [5.41, 5.74) is 2.14. The Hall–Kier alpha value is -1.96.